The lowest BCUT2D eigenvalue weighted by Gasteiger charge is -2.33. The zero-order valence-electron chi connectivity index (χ0n) is 14.5. The lowest BCUT2D eigenvalue weighted by atomic mass is 9.75. The first kappa shape index (κ1) is 16.5. The van der Waals surface area contributed by atoms with Crippen molar-refractivity contribution in [3.05, 3.63) is 42.0 Å². The summed E-state index contributed by atoms with van der Waals surface area (Å²) in [5.74, 6) is 0.993. The van der Waals surface area contributed by atoms with Gasteiger partial charge in [-0.2, -0.15) is 5.26 Å². The number of hydrogen-bond donors (Lipinski definition) is 0. The first-order valence-electron chi connectivity index (χ1n) is 8.72. The third kappa shape index (κ3) is 2.50. The first-order valence-corrected chi connectivity index (χ1v) is 8.72. The van der Waals surface area contributed by atoms with Crippen molar-refractivity contribution in [3.63, 3.8) is 0 Å². The predicted molar refractivity (Wildman–Crippen MR) is 97.0 cm³/mol. The summed E-state index contributed by atoms with van der Waals surface area (Å²) in [5, 5.41) is 11.6. The van der Waals surface area contributed by atoms with Crippen LogP contribution in [-0.2, 0) is 9.53 Å². The fraction of sp³-hybridized carbons (Fsp3) is 0.333. The minimum absolute atomic E-state index is 0.279. The number of rotatable bonds is 4. The van der Waals surface area contributed by atoms with E-state index in [1.165, 1.54) is 5.56 Å². The first-order chi connectivity index (χ1) is 12.7. The van der Waals surface area contributed by atoms with Crippen LogP contribution in [0.15, 0.2) is 40.8 Å². The van der Waals surface area contributed by atoms with Gasteiger partial charge in [0.1, 0.15) is 11.7 Å². The van der Waals surface area contributed by atoms with E-state index in [2.05, 4.69) is 18.2 Å². The van der Waals surface area contributed by atoms with Crippen LogP contribution in [0, 0.1) is 11.3 Å². The van der Waals surface area contributed by atoms with Gasteiger partial charge in [0.15, 0.2) is 16.9 Å². The van der Waals surface area contributed by atoms with Crippen molar-refractivity contribution in [2.24, 2.45) is 0 Å². The summed E-state index contributed by atoms with van der Waals surface area (Å²) in [7, 11) is 1.64. The molecule has 1 aliphatic rings. The number of hydrogen-bond acceptors (Lipinski definition) is 5. The van der Waals surface area contributed by atoms with Crippen LogP contribution < -0.4 is 4.74 Å². The van der Waals surface area contributed by atoms with Gasteiger partial charge in [-0.3, -0.25) is 4.79 Å². The van der Waals surface area contributed by atoms with Crippen LogP contribution in [0.4, 0.5) is 0 Å². The molecule has 0 N–H and O–H groups in total. The molecule has 5 nitrogen and oxygen atoms in total. The molecule has 1 aliphatic carbocycles. The summed E-state index contributed by atoms with van der Waals surface area (Å²) in [5.41, 5.74) is 1.80. The normalized spacial score (nSPS) is 22.8. The third-order valence-corrected chi connectivity index (χ3v) is 5.45. The molecule has 1 heterocycles. The van der Waals surface area contributed by atoms with Crippen LogP contribution in [0.1, 0.15) is 37.2 Å². The fourth-order valence-electron chi connectivity index (χ4n) is 4.07. The molecular weight excluding hydrogens is 330 g/mol. The van der Waals surface area contributed by atoms with Gasteiger partial charge in [0.05, 0.1) is 7.11 Å². The lowest BCUT2D eigenvalue weighted by Crippen LogP contribution is -2.34. The second kappa shape index (κ2) is 6.38. The van der Waals surface area contributed by atoms with Gasteiger partial charge in [-0.25, -0.2) is 0 Å². The largest absolute Gasteiger partial charge is 0.493 e. The van der Waals surface area contributed by atoms with Gasteiger partial charge in [-0.1, -0.05) is 24.3 Å². The highest BCUT2D eigenvalue weighted by Crippen LogP contribution is 2.45. The summed E-state index contributed by atoms with van der Waals surface area (Å²) in [4.78, 5) is 10.7. The van der Waals surface area contributed by atoms with E-state index in [1.807, 2.05) is 24.3 Å². The third-order valence-electron chi connectivity index (χ3n) is 5.45. The SMILES string of the molecule is COc1ccc(C2CCC(C#N)(OC=O)CC2)c2c1oc1ccccc12. The van der Waals surface area contributed by atoms with Gasteiger partial charge in [0, 0.05) is 23.6 Å². The van der Waals surface area contributed by atoms with Gasteiger partial charge in [0.25, 0.3) is 6.47 Å². The molecule has 0 saturated heterocycles. The molecule has 0 radical (unpaired) electrons. The molecule has 1 aromatic heterocycles. The number of nitriles is 1. The number of carbonyl (C=O) groups is 1. The molecule has 26 heavy (non-hydrogen) atoms. The maximum atomic E-state index is 10.7. The Morgan fingerprint density at radius 2 is 2.00 bits per heavy atom. The van der Waals surface area contributed by atoms with Gasteiger partial charge in [-0.15, -0.1) is 0 Å². The monoisotopic (exact) mass is 349 g/mol. The molecule has 1 fully saturated rings. The second-order valence-electron chi connectivity index (χ2n) is 6.75. The summed E-state index contributed by atoms with van der Waals surface area (Å²) in [6, 6.07) is 14.2. The van der Waals surface area contributed by atoms with E-state index >= 15 is 0 Å². The van der Waals surface area contributed by atoms with E-state index in [0.29, 0.717) is 25.1 Å². The van der Waals surface area contributed by atoms with Crippen molar-refractivity contribution in [3.8, 4) is 11.8 Å². The molecule has 0 unspecified atom stereocenters. The van der Waals surface area contributed by atoms with Crippen LogP contribution in [-0.4, -0.2) is 19.2 Å². The van der Waals surface area contributed by atoms with Crippen molar-refractivity contribution >= 4 is 28.4 Å². The lowest BCUT2D eigenvalue weighted by molar-refractivity contribution is -0.141. The average Bonchev–Trinajstić information content (AvgIpc) is 3.08. The summed E-state index contributed by atoms with van der Waals surface area (Å²) in [6.45, 7) is 0.388. The summed E-state index contributed by atoms with van der Waals surface area (Å²) < 4.78 is 16.6. The number of ether oxygens (including phenoxy) is 2. The number of furan rings is 1. The Kier molecular flexibility index (Phi) is 4.04. The minimum Gasteiger partial charge on any atom is -0.493 e. The molecule has 4 rings (SSSR count). The fourth-order valence-corrected chi connectivity index (χ4v) is 4.07. The summed E-state index contributed by atoms with van der Waals surface area (Å²) >= 11 is 0. The van der Waals surface area contributed by atoms with Crippen LogP contribution in [0.3, 0.4) is 0 Å². The Morgan fingerprint density at radius 1 is 1.23 bits per heavy atom. The van der Waals surface area contributed by atoms with Crippen LogP contribution in [0.25, 0.3) is 21.9 Å². The standard InChI is InChI=1S/C21H19NO4/c1-24-18-7-6-15(14-8-10-21(12-22,11-9-14)25-13-23)19-16-4-2-3-5-17(16)26-20(18)19/h2-7,13-14H,8-11H2,1H3. The summed E-state index contributed by atoms with van der Waals surface area (Å²) in [6.07, 6.45) is 2.64. The number of nitrogens with zero attached hydrogens (tertiary/aromatic N) is 1. The topological polar surface area (TPSA) is 72.5 Å². The molecule has 132 valence electrons. The zero-order valence-corrected chi connectivity index (χ0v) is 14.5. The Labute approximate surface area is 151 Å². The van der Waals surface area contributed by atoms with Gasteiger partial charge in [0.2, 0.25) is 0 Å². The van der Waals surface area contributed by atoms with Crippen LogP contribution in [0.5, 0.6) is 5.75 Å². The molecule has 3 aromatic rings. The number of carbonyl (C=O) groups excluding carboxylic acids is 1. The predicted octanol–water partition coefficient (Wildman–Crippen LogP) is 4.69. The molecule has 5 heteroatoms. The Morgan fingerprint density at radius 3 is 2.69 bits per heavy atom. The zero-order chi connectivity index (χ0) is 18.1. The van der Waals surface area contributed by atoms with Crippen LogP contribution in [0.2, 0.25) is 0 Å². The Hall–Kier alpha value is -3.00. The molecule has 1 saturated carbocycles. The van der Waals surface area contributed by atoms with Gasteiger partial charge < -0.3 is 13.9 Å². The van der Waals surface area contributed by atoms with Crippen molar-refractivity contribution < 1.29 is 18.7 Å². The number of para-hydroxylation sites is 1. The quantitative estimate of drug-likeness (QED) is 0.639. The highest BCUT2D eigenvalue weighted by Gasteiger charge is 2.38. The maximum Gasteiger partial charge on any atom is 0.294 e. The highest BCUT2D eigenvalue weighted by molar-refractivity contribution is 6.08. The van der Waals surface area contributed by atoms with Gasteiger partial charge >= 0.3 is 0 Å². The van der Waals surface area contributed by atoms with E-state index in [9.17, 15) is 10.1 Å². The molecule has 2 aromatic carbocycles. The highest BCUT2D eigenvalue weighted by atomic mass is 16.5. The van der Waals surface area contributed by atoms with Crippen molar-refractivity contribution in [2.75, 3.05) is 7.11 Å². The molecule has 0 spiro atoms. The minimum atomic E-state index is -0.984. The van der Waals surface area contributed by atoms with Crippen molar-refractivity contribution in [1.82, 2.24) is 0 Å². The molecule has 0 aliphatic heterocycles. The molecule has 0 amide bonds. The molecule has 0 bridgehead atoms. The molecular formula is C21H19NO4. The number of fused-ring (bicyclic) bond motifs is 3. The van der Waals surface area contributed by atoms with E-state index < -0.39 is 5.60 Å². The number of benzene rings is 2. The maximum absolute atomic E-state index is 10.7. The van der Waals surface area contributed by atoms with E-state index in [1.54, 1.807) is 7.11 Å². The molecule has 0 atom stereocenters. The smallest absolute Gasteiger partial charge is 0.294 e. The Balaban J connectivity index is 1.78. The van der Waals surface area contributed by atoms with E-state index in [4.69, 9.17) is 13.9 Å². The van der Waals surface area contributed by atoms with E-state index in [0.717, 1.165) is 34.8 Å². The Bertz CT molecular complexity index is 1010. The van der Waals surface area contributed by atoms with Crippen LogP contribution >= 0.6 is 0 Å². The van der Waals surface area contributed by atoms with Gasteiger partial charge in [-0.05, 0) is 36.5 Å². The average molecular weight is 349 g/mol. The number of methoxy groups -OCH3 is 1. The van der Waals surface area contributed by atoms with E-state index in [-0.39, 0.29) is 5.92 Å². The second-order valence-corrected chi connectivity index (χ2v) is 6.75. The van der Waals surface area contributed by atoms with Crippen molar-refractivity contribution in [1.29, 1.82) is 5.26 Å². The van der Waals surface area contributed by atoms with Crippen molar-refractivity contribution in [2.45, 2.75) is 37.2 Å².